The lowest BCUT2D eigenvalue weighted by atomic mass is 10.3. The molecule has 1 aromatic carbocycles. The highest BCUT2D eigenvalue weighted by molar-refractivity contribution is 6.33. The topological polar surface area (TPSA) is 82.7 Å². The zero-order valence-corrected chi connectivity index (χ0v) is 10.8. The molecule has 2 amide bonds. The van der Waals surface area contributed by atoms with Crippen LogP contribution in [0.4, 0.5) is 16.3 Å². The molecule has 0 unspecified atom stereocenters. The third-order valence-electron chi connectivity index (χ3n) is 2.41. The van der Waals surface area contributed by atoms with Crippen LogP contribution in [0.5, 0.6) is 0 Å². The first-order chi connectivity index (χ1) is 9.11. The van der Waals surface area contributed by atoms with E-state index in [1.54, 1.807) is 31.3 Å². The number of benzene rings is 1. The number of nitriles is 1. The molecule has 19 heavy (non-hydrogen) atoms. The summed E-state index contributed by atoms with van der Waals surface area (Å²) in [7, 11) is 1.63. The molecule has 2 rings (SSSR count). The fourth-order valence-electron chi connectivity index (χ4n) is 1.49. The average molecular weight is 276 g/mol. The third kappa shape index (κ3) is 2.84. The fraction of sp³-hybridized carbons (Fsp3) is 0.0833. The molecule has 1 aromatic heterocycles. The molecule has 1 heterocycles. The molecular formula is C12H10ClN5O. The van der Waals surface area contributed by atoms with Crippen LogP contribution in [0.15, 0.2) is 30.5 Å². The summed E-state index contributed by atoms with van der Waals surface area (Å²) < 4.78 is 1.41. The Morgan fingerprint density at radius 1 is 1.42 bits per heavy atom. The minimum absolute atomic E-state index is 0.289. The van der Waals surface area contributed by atoms with Crippen molar-refractivity contribution in [2.75, 3.05) is 10.6 Å². The van der Waals surface area contributed by atoms with Gasteiger partial charge < -0.3 is 5.32 Å². The summed E-state index contributed by atoms with van der Waals surface area (Å²) in [4.78, 5) is 11.8. The van der Waals surface area contributed by atoms with Crippen molar-refractivity contribution >= 4 is 29.1 Å². The third-order valence-corrected chi connectivity index (χ3v) is 2.74. The van der Waals surface area contributed by atoms with Crippen molar-refractivity contribution < 1.29 is 4.79 Å². The number of aromatic nitrogens is 2. The van der Waals surface area contributed by atoms with Gasteiger partial charge in [-0.05, 0) is 12.1 Å². The van der Waals surface area contributed by atoms with Crippen molar-refractivity contribution in [1.29, 1.82) is 5.26 Å². The SMILES string of the molecule is Cn1ncc(C#N)c1NC(=O)Nc1ccccc1Cl. The fourth-order valence-corrected chi connectivity index (χ4v) is 1.67. The number of nitrogens with zero attached hydrogens (tertiary/aromatic N) is 3. The minimum atomic E-state index is -0.492. The number of anilines is 2. The molecule has 0 fully saturated rings. The van der Waals surface area contributed by atoms with Gasteiger partial charge in [-0.1, -0.05) is 23.7 Å². The van der Waals surface area contributed by atoms with E-state index in [4.69, 9.17) is 16.9 Å². The summed E-state index contributed by atoms with van der Waals surface area (Å²) in [5.74, 6) is 0.326. The Bertz CT molecular complexity index is 658. The van der Waals surface area contributed by atoms with Gasteiger partial charge in [-0.25, -0.2) is 4.79 Å². The molecule has 6 nitrogen and oxygen atoms in total. The van der Waals surface area contributed by atoms with E-state index in [1.165, 1.54) is 10.9 Å². The van der Waals surface area contributed by atoms with Gasteiger partial charge in [0.2, 0.25) is 0 Å². The number of hydrogen-bond donors (Lipinski definition) is 2. The van der Waals surface area contributed by atoms with Gasteiger partial charge in [-0.2, -0.15) is 10.4 Å². The van der Waals surface area contributed by atoms with E-state index < -0.39 is 6.03 Å². The van der Waals surface area contributed by atoms with Crippen molar-refractivity contribution in [1.82, 2.24) is 9.78 Å². The second-order valence-corrected chi connectivity index (χ2v) is 4.11. The van der Waals surface area contributed by atoms with Gasteiger partial charge in [0.15, 0.2) is 0 Å². The van der Waals surface area contributed by atoms with Crippen LogP contribution >= 0.6 is 11.6 Å². The van der Waals surface area contributed by atoms with Crippen molar-refractivity contribution in [2.24, 2.45) is 7.05 Å². The van der Waals surface area contributed by atoms with Crippen LogP contribution in [-0.2, 0) is 7.05 Å². The Labute approximate surface area is 114 Å². The quantitative estimate of drug-likeness (QED) is 0.884. The molecule has 0 saturated carbocycles. The van der Waals surface area contributed by atoms with Crippen molar-refractivity contribution in [3.8, 4) is 6.07 Å². The van der Waals surface area contributed by atoms with Gasteiger partial charge in [0.05, 0.1) is 16.9 Å². The first-order valence-electron chi connectivity index (χ1n) is 5.36. The van der Waals surface area contributed by atoms with E-state index in [-0.39, 0.29) is 5.56 Å². The van der Waals surface area contributed by atoms with Gasteiger partial charge in [0, 0.05) is 7.05 Å². The van der Waals surface area contributed by atoms with Crippen molar-refractivity contribution in [2.45, 2.75) is 0 Å². The molecule has 0 saturated heterocycles. The predicted molar refractivity (Wildman–Crippen MR) is 72.0 cm³/mol. The lowest BCUT2D eigenvalue weighted by Gasteiger charge is -2.09. The number of halogens is 1. The smallest absolute Gasteiger partial charge is 0.306 e. The van der Waals surface area contributed by atoms with Gasteiger partial charge in [-0.3, -0.25) is 10.00 Å². The van der Waals surface area contributed by atoms with Gasteiger partial charge in [0.25, 0.3) is 0 Å². The number of carbonyl (C=O) groups is 1. The summed E-state index contributed by atoms with van der Waals surface area (Å²) in [5.41, 5.74) is 0.777. The van der Waals surface area contributed by atoms with E-state index in [9.17, 15) is 4.79 Å². The van der Waals surface area contributed by atoms with E-state index in [0.717, 1.165) is 0 Å². The maximum atomic E-state index is 11.8. The van der Waals surface area contributed by atoms with E-state index >= 15 is 0 Å². The summed E-state index contributed by atoms with van der Waals surface area (Å²) in [6.45, 7) is 0. The number of rotatable bonds is 2. The van der Waals surface area contributed by atoms with Crippen LogP contribution in [0.3, 0.4) is 0 Å². The molecule has 0 aliphatic heterocycles. The molecule has 0 atom stereocenters. The average Bonchev–Trinajstić information content (AvgIpc) is 2.73. The number of para-hydroxylation sites is 1. The summed E-state index contributed by atoms with van der Waals surface area (Å²) in [6, 6.07) is 8.32. The monoisotopic (exact) mass is 275 g/mol. The van der Waals surface area contributed by atoms with Gasteiger partial charge in [0.1, 0.15) is 17.5 Å². The zero-order valence-electron chi connectivity index (χ0n) is 10.0. The maximum Gasteiger partial charge on any atom is 0.324 e. The lowest BCUT2D eigenvalue weighted by Crippen LogP contribution is -2.21. The van der Waals surface area contributed by atoms with Crippen LogP contribution in [0, 0.1) is 11.3 Å². The van der Waals surface area contributed by atoms with E-state index in [2.05, 4.69) is 15.7 Å². The molecule has 7 heteroatoms. The van der Waals surface area contributed by atoms with Crippen LogP contribution < -0.4 is 10.6 Å². The van der Waals surface area contributed by atoms with Crippen molar-refractivity contribution in [3.63, 3.8) is 0 Å². The molecular weight excluding hydrogens is 266 g/mol. The number of carbonyl (C=O) groups excluding carboxylic acids is 1. The van der Waals surface area contributed by atoms with Crippen molar-refractivity contribution in [3.05, 3.63) is 41.0 Å². The van der Waals surface area contributed by atoms with Gasteiger partial charge >= 0.3 is 6.03 Å². The number of nitrogens with one attached hydrogen (secondary N) is 2. The highest BCUT2D eigenvalue weighted by atomic mass is 35.5. The van der Waals surface area contributed by atoms with Crippen LogP contribution in [0.2, 0.25) is 5.02 Å². The number of hydrogen-bond acceptors (Lipinski definition) is 3. The minimum Gasteiger partial charge on any atom is -0.306 e. The molecule has 96 valence electrons. The Balaban J connectivity index is 2.13. The lowest BCUT2D eigenvalue weighted by molar-refractivity contribution is 0.262. The Morgan fingerprint density at radius 2 is 2.16 bits per heavy atom. The maximum absolute atomic E-state index is 11.8. The van der Waals surface area contributed by atoms with E-state index in [1.807, 2.05) is 6.07 Å². The first kappa shape index (κ1) is 12.9. The standard InChI is InChI=1S/C12H10ClN5O/c1-18-11(8(6-14)7-15-18)17-12(19)16-10-5-3-2-4-9(10)13/h2-5,7H,1H3,(H2,16,17,19). The highest BCUT2D eigenvalue weighted by Gasteiger charge is 2.12. The molecule has 2 N–H and O–H groups in total. The Hall–Kier alpha value is -2.52. The molecule has 0 radical (unpaired) electrons. The van der Waals surface area contributed by atoms with Crippen LogP contribution in [-0.4, -0.2) is 15.8 Å². The Kier molecular flexibility index (Phi) is 3.68. The molecule has 2 aromatic rings. The van der Waals surface area contributed by atoms with E-state index in [0.29, 0.717) is 16.5 Å². The summed E-state index contributed by atoms with van der Waals surface area (Å²) in [5, 5.41) is 18.4. The summed E-state index contributed by atoms with van der Waals surface area (Å²) >= 11 is 5.93. The Morgan fingerprint density at radius 3 is 2.84 bits per heavy atom. The number of amides is 2. The number of aryl methyl sites for hydroxylation is 1. The molecule has 0 spiro atoms. The first-order valence-corrected chi connectivity index (χ1v) is 5.74. The molecule has 0 aliphatic rings. The largest absolute Gasteiger partial charge is 0.324 e. The second kappa shape index (κ2) is 5.42. The van der Waals surface area contributed by atoms with Gasteiger partial charge in [-0.15, -0.1) is 0 Å². The normalized spacial score (nSPS) is 9.74. The van der Waals surface area contributed by atoms with Crippen LogP contribution in [0.1, 0.15) is 5.56 Å². The number of urea groups is 1. The predicted octanol–water partition coefficient (Wildman–Crippen LogP) is 2.59. The molecule has 0 bridgehead atoms. The van der Waals surface area contributed by atoms with Crippen LogP contribution in [0.25, 0.3) is 0 Å². The molecule has 0 aliphatic carbocycles. The zero-order chi connectivity index (χ0) is 13.8. The second-order valence-electron chi connectivity index (χ2n) is 3.70. The highest BCUT2D eigenvalue weighted by Crippen LogP contribution is 2.21. The summed E-state index contributed by atoms with van der Waals surface area (Å²) in [6.07, 6.45) is 1.38.